The molecule has 3 aliphatic rings. The lowest BCUT2D eigenvalue weighted by atomic mass is 9.40. The summed E-state index contributed by atoms with van der Waals surface area (Å²) in [5, 5.41) is 7.08. The predicted octanol–water partition coefficient (Wildman–Crippen LogP) is 3.12. The van der Waals surface area contributed by atoms with Gasteiger partial charge in [0.15, 0.2) is 0 Å². The van der Waals surface area contributed by atoms with E-state index in [4.69, 9.17) is 0 Å². The number of rotatable bonds is 1. The lowest BCUT2D eigenvalue weighted by molar-refractivity contribution is -0.116. The van der Waals surface area contributed by atoms with Gasteiger partial charge in [0, 0.05) is 6.20 Å². The van der Waals surface area contributed by atoms with Crippen LogP contribution in [0, 0.1) is 17.3 Å². The minimum Gasteiger partial charge on any atom is -0.285 e. The SMILES string of the molecule is CC1(c2cn[nH]c2)CCC2CC1C2(C)C. The van der Waals surface area contributed by atoms with E-state index < -0.39 is 0 Å². The molecule has 3 atom stereocenters. The van der Waals surface area contributed by atoms with Crippen molar-refractivity contribution in [1.82, 2.24) is 10.2 Å². The van der Waals surface area contributed by atoms with Crippen molar-refractivity contribution in [2.75, 3.05) is 0 Å². The Morgan fingerprint density at radius 3 is 2.73 bits per heavy atom. The molecular formula is C13H20N2. The molecule has 0 amide bonds. The fraction of sp³-hybridized carbons (Fsp3) is 0.769. The van der Waals surface area contributed by atoms with E-state index in [1.165, 1.54) is 24.8 Å². The first-order valence-electron chi connectivity index (χ1n) is 6.04. The molecule has 1 N–H and O–H groups in total. The van der Waals surface area contributed by atoms with E-state index in [2.05, 4.69) is 37.2 Å². The maximum absolute atomic E-state index is 4.12. The molecular weight excluding hydrogens is 184 g/mol. The molecule has 2 bridgehead atoms. The summed E-state index contributed by atoms with van der Waals surface area (Å²) in [6, 6.07) is 0. The Labute approximate surface area is 91.5 Å². The van der Waals surface area contributed by atoms with Crippen molar-refractivity contribution in [3.8, 4) is 0 Å². The zero-order chi connectivity index (χ0) is 10.7. The number of H-pyrrole nitrogens is 1. The molecule has 3 fully saturated rings. The molecule has 0 saturated heterocycles. The van der Waals surface area contributed by atoms with Gasteiger partial charge in [-0.1, -0.05) is 20.8 Å². The summed E-state index contributed by atoms with van der Waals surface area (Å²) in [6.45, 7) is 7.33. The minimum absolute atomic E-state index is 0.366. The summed E-state index contributed by atoms with van der Waals surface area (Å²) in [5.41, 5.74) is 2.33. The maximum atomic E-state index is 4.12. The van der Waals surface area contributed by atoms with Crippen molar-refractivity contribution in [3.05, 3.63) is 18.0 Å². The molecule has 0 aliphatic heterocycles. The van der Waals surface area contributed by atoms with E-state index in [1.807, 2.05) is 6.20 Å². The first-order chi connectivity index (χ1) is 7.05. The fourth-order valence-corrected chi connectivity index (χ4v) is 4.14. The Morgan fingerprint density at radius 1 is 1.40 bits per heavy atom. The highest BCUT2D eigenvalue weighted by Crippen LogP contribution is 2.66. The zero-order valence-electron chi connectivity index (χ0n) is 9.88. The lowest BCUT2D eigenvalue weighted by Crippen LogP contribution is -2.58. The van der Waals surface area contributed by atoms with Gasteiger partial charge in [-0.25, -0.2) is 0 Å². The van der Waals surface area contributed by atoms with Crippen LogP contribution < -0.4 is 0 Å². The predicted molar refractivity (Wildman–Crippen MR) is 60.6 cm³/mol. The minimum atomic E-state index is 0.366. The zero-order valence-corrected chi connectivity index (χ0v) is 9.88. The summed E-state index contributed by atoms with van der Waals surface area (Å²) in [4.78, 5) is 0. The summed E-state index contributed by atoms with van der Waals surface area (Å²) < 4.78 is 0. The van der Waals surface area contributed by atoms with E-state index in [-0.39, 0.29) is 0 Å². The van der Waals surface area contributed by atoms with E-state index in [9.17, 15) is 0 Å². The molecule has 2 nitrogen and oxygen atoms in total. The molecule has 1 aromatic heterocycles. The van der Waals surface area contributed by atoms with Gasteiger partial charge in [0.05, 0.1) is 6.20 Å². The van der Waals surface area contributed by atoms with Gasteiger partial charge in [0.2, 0.25) is 0 Å². The Hall–Kier alpha value is -0.790. The van der Waals surface area contributed by atoms with Crippen LogP contribution in [0.25, 0.3) is 0 Å². The smallest absolute Gasteiger partial charge is 0.0524 e. The van der Waals surface area contributed by atoms with Crippen LogP contribution in [0.4, 0.5) is 0 Å². The number of nitrogens with zero attached hydrogens (tertiary/aromatic N) is 1. The summed E-state index contributed by atoms with van der Waals surface area (Å²) in [5.74, 6) is 1.82. The second-order valence-electron chi connectivity index (χ2n) is 6.25. The number of aromatic amines is 1. The molecule has 3 aliphatic carbocycles. The maximum Gasteiger partial charge on any atom is 0.0524 e. The molecule has 15 heavy (non-hydrogen) atoms. The Kier molecular flexibility index (Phi) is 1.67. The molecule has 3 unspecified atom stereocenters. The molecule has 1 aromatic rings. The largest absolute Gasteiger partial charge is 0.285 e. The molecule has 2 heteroatoms. The van der Waals surface area contributed by atoms with Crippen LogP contribution in [0.1, 0.15) is 45.6 Å². The van der Waals surface area contributed by atoms with Crippen molar-refractivity contribution >= 4 is 0 Å². The molecule has 82 valence electrons. The quantitative estimate of drug-likeness (QED) is 0.748. The van der Waals surface area contributed by atoms with E-state index in [0.29, 0.717) is 10.8 Å². The summed E-state index contributed by atoms with van der Waals surface area (Å²) in [7, 11) is 0. The number of nitrogens with one attached hydrogen (secondary N) is 1. The van der Waals surface area contributed by atoms with Crippen molar-refractivity contribution in [2.24, 2.45) is 17.3 Å². The first-order valence-corrected chi connectivity index (χ1v) is 6.04. The number of hydrogen-bond donors (Lipinski definition) is 1. The Morgan fingerprint density at radius 2 is 2.20 bits per heavy atom. The van der Waals surface area contributed by atoms with Crippen LogP contribution >= 0.6 is 0 Å². The van der Waals surface area contributed by atoms with E-state index in [1.54, 1.807) is 0 Å². The third kappa shape index (κ3) is 1.03. The van der Waals surface area contributed by atoms with Crippen LogP contribution in [0.3, 0.4) is 0 Å². The number of fused-ring (bicyclic) bond motifs is 2. The van der Waals surface area contributed by atoms with Gasteiger partial charge < -0.3 is 0 Å². The Balaban J connectivity index is 2.00. The lowest BCUT2D eigenvalue weighted by Gasteiger charge is -2.64. The second-order valence-corrected chi connectivity index (χ2v) is 6.25. The third-order valence-corrected chi connectivity index (χ3v) is 5.41. The van der Waals surface area contributed by atoms with Crippen molar-refractivity contribution in [2.45, 2.75) is 45.4 Å². The van der Waals surface area contributed by atoms with Gasteiger partial charge in [-0.3, -0.25) is 5.10 Å². The van der Waals surface area contributed by atoms with E-state index in [0.717, 1.165) is 11.8 Å². The van der Waals surface area contributed by atoms with Crippen LogP contribution in [0.15, 0.2) is 12.4 Å². The highest BCUT2D eigenvalue weighted by molar-refractivity contribution is 5.26. The van der Waals surface area contributed by atoms with Gasteiger partial charge in [-0.15, -0.1) is 0 Å². The molecule has 0 spiro atoms. The topological polar surface area (TPSA) is 28.7 Å². The molecule has 0 radical (unpaired) electrons. The first kappa shape index (κ1) is 9.44. The third-order valence-electron chi connectivity index (χ3n) is 5.41. The standard InChI is InChI=1S/C13H20N2/c1-12(2)9-4-5-13(3,11(12)6-9)10-7-14-15-8-10/h7-9,11H,4-6H2,1-3H3,(H,14,15). The summed E-state index contributed by atoms with van der Waals surface area (Å²) in [6.07, 6.45) is 8.27. The van der Waals surface area contributed by atoms with Crippen LogP contribution in [-0.2, 0) is 5.41 Å². The summed E-state index contributed by atoms with van der Waals surface area (Å²) >= 11 is 0. The van der Waals surface area contributed by atoms with Crippen molar-refractivity contribution < 1.29 is 0 Å². The average Bonchev–Trinajstić information content (AvgIpc) is 2.70. The number of aromatic nitrogens is 2. The normalized spacial score (nSPS) is 42.3. The Bertz CT molecular complexity index is 364. The van der Waals surface area contributed by atoms with Crippen LogP contribution in [0.2, 0.25) is 0 Å². The van der Waals surface area contributed by atoms with Gasteiger partial charge >= 0.3 is 0 Å². The van der Waals surface area contributed by atoms with Gasteiger partial charge in [0.25, 0.3) is 0 Å². The average molecular weight is 204 g/mol. The van der Waals surface area contributed by atoms with Crippen LogP contribution in [-0.4, -0.2) is 10.2 Å². The monoisotopic (exact) mass is 204 g/mol. The molecule has 4 rings (SSSR count). The van der Waals surface area contributed by atoms with Gasteiger partial charge in [-0.05, 0) is 47.5 Å². The van der Waals surface area contributed by atoms with Gasteiger partial charge in [0.1, 0.15) is 0 Å². The number of hydrogen-bond acceptors (Lipinski definition) is 1. The van der Waals surface area contributed by atoms with Crippen LogP contribution in [0.5, 0.6) is 0 Å². The molecule has 3 saturated carbocycles. The van der Waals surface area contributed by atoms with Crippen molar-refractivity contribution in [3.63, 3.8) is 0 Å². The van der Waals surface area contributed by atoms with Gasteiger partial charge in [-0.2, -0.15) is 5.10 Å². The highest BCUT2D eigenvalue weighted by Gasteiger charge is 2.59. The van der Waals surface area contributed by atoms with E-state index >= 15 is 0 Å². The molecule has 1 heterocycles. The highest BCUT2D eigenvalue weighted by atomic mass is 15.1. The molecule has 0 aromatic carbocycles. The fourth-order valence-electron chi connectivity index (χ4n) is 4.14. The second kappa shape index (κ2) is 2.66. The van der Waals surface area contributed by atoms with Crippen molar-refractivity contribution in [1.29, 1.82) is 0 Å².